The van der Waals surface area contributed by atoms with E-state index in [1.807, 2.05) is 0 Å². The van der Waals surface area contributed by atoms with Crippen molar-refractivity contribution >= 4 is 17.9 Å². The molecule has 7 heteroatoms. The van der Waals surface area contributed by atoms with Crippen LogP contribution in [0.4, 0.5) is 0 Å². The van der Waals surface area contributed by atoms with Gasteiger partial charge in [0.1, 0.15) is 0 Å². The van der Waals surface area contributed by atoms with E-state index in [2.05, 4.69) is 41.5 Å². The number of carboxylic acid groups (broad SMARTS) is 3. The molecule has 191 valence electrons. The predicted octanol–water partition coefficient (Wildman–Crippen LogP) is 2.86. The van der Waals surface area contributed by atoms with Gasteiger partial charge in [-0.2, -0.15) is 0 Å². The van der Waals surface area contributed by atoms with Crippen molar-refractivity contribution in [1.82, 2.24) is 0 Å². The maximum absolute atomic E-state index is 9.93. The van der Waals surface area contributed by atoms with E-state index in [-0.39, 0.29) is 66.2 Å². The summed E-state index contributed by atoms with van der Waals surface area (Å²) in [6.07, 6.45) is 9.31. The molecule has 31 heavy (non-hydrogen) atoms. The van der Waals surface area contributed by atoms with E-state index < -0.39 is 17.9 Å². The first-order chi connectivity index (χ1) is 13.9. The molecule has 0 saturated carbocycles. The van der Waals surface area contributed by atoms with E-state index in [9.17, 15) is 29.7 Å². The standard InChI is InChI=1S/3C8H16O2.Yb/c3*1-7(2)5-3-4-6-8(9)10;/h3*7H,3-6H2,1-2H3,(H,9,10);/q;;;+3/p-3. The summed E-state index contributed by atoms with van der Waals surface area (Å²) in [7, 11) is 0. The second kappa shape index (κ2) is 28.0. The summed E-state index contributed by atoms with van der Waals surface area (Å²) in [6.45, 7) is 12.8. The first-order valence-electron chi connectivity index (χ1n) is 11.5. The number of carboxylic acids is 3. The molecule has 0 unspecified atom stereocenters. The van der Waals surface area contributed by atoms with Gasteiger partial charge in [0.2, 0.25) is 0 Å². The average molecular weight is 603 g/mol. The second-order valence-electron chi connectivity index (χ2n) is 9.03. The molecule has 0 aromatic heterocycles. The molecule has 1 radical (unpaired) electrons. The van der Waals surface area contributed by atoms with Crippen molar-refractivity contribution in [3.63, 3.8) is 0 Å². The normalized spacial score (nSPS) is 9.97. The fourth-order valence-corrected chi connectivity index (χ4v) is 2.47. The van der Waals surface area contributed by atoms with Crippen LogP contribution >= 0.6 is 0 Å². The maximum Gasteiger partial charge on any atom is 3.00 e. The third-order valence-electron chi connectivity index (χ3n) is 4.24. The van der Waals surface area contributed by atoms with Crippen molar-refractivity contribution < 1.29 is 76.6 Å². The number of carbonyl (C=O) groups is 3. The van der Waals surface area contributed by atoms with Crippen LogP contribution in [0.25, 0.3) is 0 Å². The van der Waals surface area contributed by atoms with Crippen LogP contribution in [-0.2, 0) is 14.4 Å². The molecule has 0 amide bonds. The van der Waals surface area contributed by atoms with Crippen LogP contribution in [0.3, 0.4) is 0 Å². The zero-order valence-corrected chi connectivity index (χ0v) is 22.1. The summed E-state index contributed by atoms with van der Waals surface area (Å²) < 4.78 is 0. The second-order valence-corrected chi connectivity index (χ2v) is 9.03. The Morgan fingerprint density at radius 1 is 0.484 bits per heavy atom. The van der Waals surface area contributed by atoms with Gasteiger partial charge >= 0.3 is 46.9 Å². The maximum atomic E-state index is 9.93. The number of hydrogen-bond acceptors (Lipinski definition) is 6. The van der Waals surface area contributed by atoms with Gasteiger partial charge in [0.05, 0.1) is 0 Å². The Hall–Kier alpha value is -0.0705. The van der Waals surface area contributed by atoms with Gasteiger partial charge in [0.25, 0.3) is 0 Å². The number of aliphatic carboxylic acids is 3. The molecule has 0 aliphatic carbocycles. The van der Waals surface area contributed by atoms with Crippen LogP contribution in [0.5, 0.6) is 0 Å². The molecule has 0 bridgehead atoms. The zero-order valence-electron chi connectivity index (χ0n) is 20.4. The molecule has 0 aromatic rings. The molecule has 0 saturated heterocycles. The third-order valence-corrected chi connectivity index (χ3v) is 4.24. The zero-order chi connectivity index (χ0) is 23.9. The molecule has 6 nitrogen and oxygen atoms in total. The minimum atomic E-state index is -0.927. The van der Waals surface area contributed by atoms with Crippen LogP contribution in [0.2, 0.25) is 0 Å². The number of hydrogen-bond donors (Lipinski definition) is 0. The molecule has 0 fully saturated rings. The summed E-state index contributed by atoms with van der Waals surface area (Å²) in [5.74, 6) is -0.735. The smallest absolute Gasteiger partial charge is 0.550 e. The van der Waals surface area contributed by atoms with E-state index >= 15 is 0 Å². The molecule has 0 spiro atoms. The van der Waals surface area contributed by atoms with Gasteiger partial charge in [-0.3, -0.25) is 0 Å². The number of rotatable bonds is 15. The van der Waals surface area contributed by atoms with E-state index in [1.165, 1.54) is 0 Å². The molecule has 0 rings (SSSR count). The summed E-state index contributed by atoms with van der Waals surface area (Å²) in [5.41, 5.74) is 0. The Kier molecular flexibility index (Phi) is 34.5. The Labute approximate surface area is 229 Å². The van der Waals surface area contributed by atoms with E-state index in [0.29, 0.717) is 17.8 Å². The molecule has 0 atom stereocenters. The molecular formula is C24H45O6Yb. The largest absolute Gasteiger partial charge is 3.00 e. The topological polar surface area (TPSA) is 120 Å². The van der Waals surface area contributed by atoms with Gasteiger partial charge < -0.3 is 29.7 Å². The van der Waals surface area contributed by atoms with Crippen molar-refractivity contribution in [3.8, 4) is 0 Å². The summed E-state index contributed by atoms with van der Waals surface area (Å²) >= 11 is 0. The minimum absolute atomic E-state index is 0. The van der Waals surface area contributed by atoms with Gasteiger partial charge in [-0.15, -0.1) is 0 Å². The SMILES string of the molecule is CC(C)CCCCC(=O)[O-].CC(C)CCCCC(=O)[O-].CC(C)CCCCC(=O)[O-].[Yb+3]. The van der Waals surface area contributed by atoms with E-state index in [0.717, 1.165) is 57.8 Å². The van der Waals surface area contributed by atoms with E-state index in [1.54, 1.807) is 0 Å². The monoisotopic (exact) mass is 603 g/mol. The van der Waals surface area contributed by atoms with E-state index in [4.69, 9.17) is 0 Å². The van der Waals surface area contributed by atoms with Crippen molar-refractivity contribution in [2.24, 2.45) is 17.8 Å². The Morgan fingerprint density at radius 3 is 0.806 bits per heavy atom. The van der Waals surface area contributed by atoms with Crippen LogP contribution in [0.15, 0.2) is 0 Å². The molecular weight excluding hydrogens is 557 g/mol. The van der Waals surface area contributed by atoms with Crippen molar-refractivity contribution in [2.45, 2.75) is 119 Å². The Morgan fingerprint density at radius 2 is 0.677 bits per heavy atom. The first-order valence-corrected chi connectivity index (χ1v) is 11.5. The van der Waals surface area contributed by atoms with Gasteiger partial charge in [0, 0.05) is 17.9 Å². The molecule has 0 heterocycles. The van der Waals surface area contributed by atoms with Crippen molar-refractivity contribution in [2.75, 3.05) is 0 Å². The molecule has 0 N–H and O–H groups in total. The van der Waals surface area contributed by atoms with Crippen LogP contribution in [0.1, 0.15) is 119 Å². The third kappa shape index (κ3) is 53.3. The van der Waals surface area contributed by atoms with Crippen LogP contribution in [0, 0.1) is 64.7 Å². The average Bonchev–Trinajstić information content (AvgIpc) is 2.60. The van der Waals surface area contributed by atoms with Crippen LogP contribution < -0.4 is 15.3 Å². The fraction of sp³-hybridized carbons (Fsp3) is 0.875. The fourth-order valence-electron chi connectivity index (χ4n) is 2.47. The number of carbonyl (C=O) groups excluding carboxylic acids is 3. The Balaban J connectivity index is -0.000000174. The van der Waals surface area contributed by atoms with Gasteiger partial charge in [-0.25, -0.2) is 0 Å². The quantitative estimate of drug-likeness (QED) is 0.266. The summed E-state index contributed by atoms with van der Waals surface area (Å²) in [6, 6.07) is 0. The summed E-state index contributed by atoms with van der Waals surface area (Å²) in [5, 5.41) is 29.8. The molecule has 0 aromatic carbocycles. The molecule has 0 aliphatic heterocycles. The number of unbranched alkanes of at least 4 members (excludes halogenated alkanes) is 3. The minimum Gasteiger partial charge on any atom is -0.550 e. The van der Waals surface area contributed by atoms with Gasteiger partial charge in [-0.1, -0.05) is 80.1 Å². The van der Waals surface area contributed by atoms with Crippen molar-refractivity contribution in [1.29, 1.82) is 0 Å². The first kappa shape index (κ1) is 38.2. The summed E-state index contributed by atoms with van der Waals surface area (Å²) in [4.78, 5) is 29.8. The van der Waals surface area contributed by atoms with Gasteiger partial charge in [0.15, 0.2) is 0 Å². The molecule has 0 aliphatic rings. The predicted molar refractivity (Wildman–Crippen MR) is 115 cm³/mol. The Bertz CT molecular complexity index is 360. The van der Waals surface area contributed by atoms with Gasteiger partial charge in [-0.05, 0) is 56.3 Å². The van der Waals surface area contributed by atoms with Crippen molar-refractivity contribution in [3.05, 3.63) is 0 Å². The van der Waals surface area contributed by atoms with Crippen LogP contribution in [-0.4, -0.2) is 17.9 Å².